The highest BCUT2D eigenvalue weighted by atomic mass is 79.9. The number of benzene rings is 2. The fraction of sp³-hybridized carbons (Fsp3) is 0.0667. The van der Waals surface area contributed by atoms with E-state index in [1.807, 2.05) is 6.07 Å². The molecule has 0 heterocycles. The Kier molecular flexibility index (Phi) is 4.94. The Hall–Kier alpha value is -1.64. The van der Waals surface area contributed by atoms with Gasteiger partial charge in [0.25, 0.3) is 0 Å². The number of ether oxygens (including phenoxy) is 1. The molecule has 2 rings (SSSR count). The van der Waals surface area contributed by atoms with Crippen molar-refractivity contribution in [2.24, 2.45) is 0 Å². The van der Waals surface area contributed by atoms with Crippen LogP contribution in [0, 0.1) is 11.3 Å². The number of halogens is 2. The van der Waals surface area contributed by atoms with E-state index in [0.717, 1.165) is 8.95 Å². The summed E-state index contributed by atoms with van der Waals surface area (Å²) in [7, 11) is 0. The molecule has 0 aliphatic carbocycles. The standard InChI is InChI=1S/C15H9Br2NO2/c16-12-3-1-10(2-4-12)14(19)9-20-15-6-5-13(17)7-11(15)8-18/h1-7H,9H2. The third kappa shape index (κ3) is 3.69. The van der Waals surface area contributed by atoms with Crippen LogP contribution in [0.3, 0.4) is 0 Å². The van der Waals surface area contributed by atoms with Crippen molar-refractivity contribution in [1.82, 2.24) is 0 Å². The molecule has 0 saturated heterocycles. The van der Waals surface area contributed by atoms with Gasteiger partial charge in [0.15, 0.2) is 12.4 Å². The number of carbonyl (C=O) groups is 1. The zero-order valence-electron chi connectivity index (χ0n) is 10.3. The average molecular weight is 395 g/mol. The van der Waals surface area contributed by atoms with Gasteiger partial charge in [0, 0.05) is 14.5 Å². The van der Waals surface area contributed by atoms with Crippen LogP contribution >= 0.6 is 31.9 Å². The fourth-order valence-corrected chi connectivity index (χ4v) is 2.20. The van der Waals surface area contributed by atoms with Crippen LogP contribution < -0.4 is 4.74 Å². The second kappa shape index (κ2) is 6.69. The molecule has 0 saturated carbocycles. The molecule has 0 atom stereocenters. The first-order valence-electron chi connectivity index (χ1n) is 5.71. The molecule has 0 aromatic heterocycles. The van der Waals surface area contributed by atoms with Crippen LogP contribution in [0.1, 0.15) is 15.9 Å². The topological polar surface area (TPSA) is 50.1 Å². The van der Waals surface area contributed by atoms with Gasteiger partial charge in [0.1, 0.15) is 11.8 Å². The van der Waals surface area contributed by atoms with Crippen LogP contribution in [0.5, 0.6) is 5.75 Å². The molecule has 0 bridgehead atoms. The number of hydrogen-bond donors (Lipinski definition) is 0. The van der Waals surface area contributed by atoms with Gasteiger partial charge in [0.2, 0.25) is 0 Å². The number of hydrogen-bond acceptors (Lipinski definition) is 3. The van der Waals surface area contributed by atoms with Gasteiger partial charge < -0.3 is 4.74 Å². The monoisotopic (exact) mass is 393 g/mol. The van der Waals surface area contributed by atoms with E-state index >= 15 is 0 Å². The van der Waals surface area contributed by atoms with Crippen LogP contribution in [0.15, 0.2) is 51.4 Å². The average Bonchev–Trinajstić information content (AvgIpc) is 2.46. The van der Waals surface area contributed by atoms with E-state index in [0.29, 0.717) is 16.9 Å². The molecule has 0 unspecified atom stereocenters. The second-order valence-electron chi connectivity index (χ2n) is 3.97. The molecule has 0 spiro atoms. The molecule has 0 N–H and O–H groups in total. The van der Waals surface area contributed by atoms with Gasteiger partial charge >= 0.3 is 0 Å². The first-order chi connectivity index (χ1) is 9.60. The Morgan fingerprint density at radius 1 is 1.10 bits per heavy atom. The van der Waals surface area contributed by atoms with Gasteiger partial charge in [-0.1, -0.05) is 44.0 Å². The van der Waals surface area contributed by atoms with Crippen LogP contribution in [0.25, 0.3) is 0 Å². The predicted octanol–water partition coefficient (Wildman–Crippen LogP) is 4.34. The molecule has 2 aromatic carbocycles. The molecular formula is C15H9Br2NO2. The highest BCUT2D eigenvalue weighted by Gasteiger charge is 2.09. The Morgan fingerprint density at radius 3 is 2.40 bits per heavy atom. The van der Waals surface area contributed by atoms with Crippen molar-refractivity contribution in [1.29, 1.82) is 5.26 Å². The zero-order valence-corrected chi connectivity index (χ0v) is 13.4. The summed E-state index contributed by atoms with van der Waals surface area (Å²) in [5.41, 5.74) is 0.965. The molecule has 0 aliphatic heterocycles. The molecule has 0 aliphatic rings. The quantitative estimate of drug-likeness (QED) is 0.724. The first kappa shape index (κ1) is 14.8. The fourth-order valence-electron chi connectivity index (χ4n) is 1.58. The van der Waals surface area contributed by atoms with E-state index in [1.54, 1.807) is 42.5 Å². The Morgan fingerprint density at radius 2 is 1.75 bits per heavy atom. The predicted molar refractivity (Wildman–Crippen MR) is 82.8 cm³/mol. The summed E-state index contributed by atoms with van der Waals surface area (Å²) in [4.78, 5) is 12.0. The molecule has 0 amide bonds. The molecule has 20 heavy (non-hydrogen) atoms. The van der Waals surface area contributed by atoms with Gasteiger partial charge in [-0.05, 0) is 30.3 Å². The largest absolute Gasteiger partial charge is 0.484 e. The summed E-state index contributed by atoms with van der Waals surface area (Å²) in [5, 5.41) is 9.01. The van der Waals surface area contributed by atoms with Gasteiger partial charge in [-0.3, -0.25) is 4.79 Å². The molecular weight excluding hydrogens is 386 g/mol. The lowest BCUT2D eigenvalue weighted by Crippen LogP contribution is -2.12. The number of rotatable bonds is 4. The second-order valence-corrected chi connectivity index (χ2v) is 5.80. The highest BCUT2D eigenvalue weighted by Crippen LogP contribution is 2.22. The summed E-state index contributed by atoms with van der Waals surface area (Å²) in [6.45, 7) is -0.0993. The van der Waals surface area contributed by atoms with Crippen molar-refractivity contribution in [2.75, 3.05) is 6.61 Å². The Balaban J connectivity index is 2.07. The highest BCUT2D eigenvalue weighted by molar-refractivity contribution is 9.10. The Bertz CT molecular complexity index is 675. The molecule has 3 nitrogen and oxygen atoms in total. The van der Waals surface area contributed by atoms with E-state index in [-0.39, 0.29) is 12.4 Å². The third-order valence-electron chi connectivity index (χ3n) is 2.59. The molecule has 0 fully saturated rings. The van der Waals surface area contributed by atoms with Crippen molar-refractivity contribution in [3.05, 3.63) is 62.5 Å². The van der Waals surface area contributed by atoms with Gasteiger partial charge in [-0.25, -0.2) is 0 Å². The number of carbonyl (C=O) groups excluding carboxylic acids is 1. The van der Waals surface area contributed by atoms with Crippen molar-refractivity contribution >= 4 is 37.6 Å². The minimum Gasteiger partial charge on any atom is -0.484 e. The van der Waals surface area contributed by atoms with Crippen LogP contribution in [-0.2, 0) is 0 Å². The minimum absolute atomic E-state index is 0.0993. The number of nitrogens with zero attached hydrogens (tertiary/aromatic N) is 1. The lowest BCUT2D eigenvalue weighted by molar-refractivity contribution is 0.0921. The lowest BCUT2D eigenvalue weighted by atomic mass is 10.1. The third-order valence-corrected chi connectivity index (χ3v) is 3.61. The maximum Gasteiger partial charge on any atom is 0.200 e. The number of ketones is 1. The molecule has 2 aromatic rings. The maximum atomic E-state index is 12.0. The van der Waals surface area contributed by atoms with Gasteiger partial charge in [-0.2, -0.15) is 5.26 Å². The zero-order chi connectivity index (χ0) is 14.5. The van der Waals surface area contributed by atoms with Crippen molar-refractivity contribution in [3.63, 3.8) is 0 Å². The summed E-state index contributed by atoms with van der Waals surface area (Å²) in [5.74, 6) is 0.269. The minimum atomic E-state index is -0.135. The number of Topliss-reactive ketones (excluding diaryl/α,β-unsaturated/α-hetero) is 1. The van der Waals surface area contributed by atoms with Crippen LogP contribution in [0.2, 0.25) is 0 Å². The Labute approximate surface area is 133 Å². The first-order valence-corrected chi connectivity index (χ1v) is 7.30. The van der Waals surface area contributed by atoms with Gasteiger partial charge in [-0.15, -0.1) is 0 Å². The summed E-state index contributed by atoms with van der Waals surface area (Å²) in [6, 6.07) is 14.2. The molecule has 100 valence electrons. The van der Waals surface area contributed by atoms with Crippen molar-refractivity contribution in [2.45, 2.75) is 0 Å². The summed E-state index contributed by atoms with van der Waals surface area (Å²) >= 11 is 6.60. The normalized spacial score (nSPS) is 9.85. The lowest BCUT2D eigenvalue weighted by Gasteiger charge is -2.07. The van der Waals surface area contributed by atoms with Crippen molar-refractivity contribution < 1.29 is 9.53 Å². The number of nitriles is 1. The van der Waals surface area contributed by atoms with Crippen LogP contribution in [-0.4, -0.2) is 12.4 Å². The van der Waals surface area contributed by atoms with E-state index in [4.69, 9.17) is 10.00 Å². The van der Waals surface area contributed by atoms with E-state index in [2.05, 4.69) is 31.9 Å². The molecule has 0 radical (unpaired) electrons. The van der Waals surface area contributed by atoms with E-state index in [1.165, 1.54) is 0 Å². The maximum absolute atomic E-state index is 12.0. The van der Waals surface area contributed by atoms with Crippen molar-refractivity contribution in [3.8, 4) is 11.8 Å². The van der Waals surface area contributed by atoms with Gasteiger partial charge in [0.05, 0.1) is 5.56 Å². The van der Waals surface area contributed by atoms with Crippen LogP contribution in [0.4, 0.5) is 0 Å². The molecule has 5 heteroatoms. The summed E-state index contributed by atoms with van der Waals surface area (Å²) in [6.07, 6.45) is 0. The summed E-state index contributed by atoms with van der Waals surface area (Å²) < 4.78 is 7.13. The van der Waals surface area contributed by atoms with E-state index < -0.39 is 0 Å². The van der Waals surface area contributed by atoms with E-state index in [9.17, 15) is 4.79 Å². The smallest absolute Gasteiger partial charge is 0.200 e. The SMILES string of the molecule is N#Cc1cc(Br)ccc1OCC(=O)c1ccc(Br)cc1.